The largest absolute Gasteiger partial charge is 0.455 e. The molecule has 0 radical (unpaired) electrons. The lowest BCUT2D eigenvalue weighted by Crippen LogP contribution is -2.43. The van der Waals surface area contributed by atoms with Crippen LogP contribution in [0.25, 0.3) is 0 Å². The first kappa shape index (κ1) is 22.0. The van der Waals surface area contributed by atoms with Gasteiger partial charge in [-0.15, -0.1) is 0 Å². The summed E-state index contributed by atoms with van der Waals surface area (Å²) in [6, 6.07) is 13.6. The molecule has 2 aromatic carbocycles. The van der Waals surface area contributed by atoms with E-state index in [4.69, 9.17) is 4.74 Å². The van der Waals surface area contributed by atoms with Gasteiger partial charge in [0.25, 0.3) is 11.8 Å². The number of anilines is 1. The minimum atomic E-state index is -0.761. The number of carbonyl (C=O) groups excluding carboxylic acids is 4. The van der Waals surface area contributed by atoms with Crippen LogP contribution in [0, 0.1) is 5.92 Å². The number of nitrogens with one attached hydrogen (secondary N) is 2. The Balaban J connectivity index is 1.47. The van der Waals surface area contributed by atoms with Gasteiger partial charge in [0.1, 0.15) is 0 Å². The van der Waals surface area contributed by atoms with Crippen LogP contribution < -0.4 is 10.7 Å². The molecule has 0 aliphatic carbocycles. The molecule has 0 bridgehead atoms. The Labute approximate surface area is 189 Å². The van der Waals surface area contributed by atoms with Crippen LogP contribution in [0.15, 0.2) is 57.5 Å². The Bertz CT molecular complexity index is 963. The zero-order valence-corrected chi connectivity index (χ0v) is 18.7. The Morgan fingerprint density at radius 2 is 1.60 bits per heavy atom. The first-order chi connectivity index (χ1) is 14.3. The molecule has 0 saturated carbocycles. The number of hydrazine groups is 1. The van der Waals surface area contributed by atoms with Crippen molar-refractivity contribution in [2.45, 2.75) is 6.42 Å². The smallest absolute Gasteiger partial charge is 0.311 e. The highest BCUT2D eigenvalue weighted by Gasteiger charge is 2.36. The number of carbonyl (C=O) groups is 4. The molecule has 0 spiro atoms. The van der Waals surface area contributed by atoms with Gasteiger partial charge in [0, 0.05) is 26.6 Å². The molecule has 1 aliphatic rings. The van der Waals surface area contributed by atoms with Crippen LogP contribution in [-0.2, 0) is 19.1 Å². The van der Waals surface area contributed by atoms with Gasteiger partial charge in [-0.2, -0.15) is 0 Å². The molecular formula is C20H17Br2N3O5. The highest BCUT2D eigenvalue weighted by atomic mass is 79.9. The minimum absolute atomic E-state index is 0.0196. The van der Waals surface area contributed by atoms with Crippen LogP contribution >= 0.6 is 31.9 Å². The van der Waals surface area contributed by atoms with Crippen molar-refractivity contribution in [3.8, 4) is 0 Å². The maximum Gasteiger partial charge on any atom is 0.311 e. The molecule has 0 unspecified atom stereocenters. The number of esters is 1. The molecule has 1 aliphatic heterocycles. The molecule has 2 aromatic rings. The zero-order chi connectivity index (χ0) is 21.7. The Hall–Kier alpha value is -2.72. The van der Waals surface area contributed by atoms with Gasteiger partial charge < -0.3 is 10.1 Å². The van der Waals surface area contributed by atoms with Crippen LogP contribution in [0.5, 0.6) is 0 Å². The van der Waals surface area contributed by atoms with Gasteiger partial charge in [0.2, 0.25) is 5.91 Å². The number of ether oxygens (including phenoxy) is 1. The summed E-state index contributed by atoms with van der Waals surface area (Å²) in [7, 11) is 0. The number of hydrogen-bond donors (Lipinski definition) is 2. The quantitative estimate of drug-likeness (QED) is 0.550. The van der Waals surface area contributed by atoms with Crippen molar-refractivity contribution in [2.75, 3.05) is 18.5 Å². The molecule has 3 amide bonds. The number of nitrogens with zero attached hydrogens (tertiary/aromatic N) is 1. The van der Waals surface area contributed by atoms with Crippen molar-refractivity contribution >= 4 is 61.2 Å². The summed E-state index contributed by atoms with van der Waals surface area (Å²) < 4.78 is 6.72. The predicted molar refractivity (Wildman–Crippen MR) is 115 cm³/mol. The van der Waals surface area contributed by atoms with Crippen molar-refractivity contribution < 1.29 is 23.9 Å². The fourth-order valence-corrected chi connectivity index (χ4v) is 3.28. The predicted octanol–water partition coefficient (Wildman–Crippen LogP) is 2.89. The molecule has 1 saturated heterocycles. The molecule has 2 N–H and O–H groups in total. The lowest BCUT2D eigenvalue weighted by Gasteiger charge is -2.17. The second kappa shape index (κ2) is 9.86. The number of benzene rings is 2. The van der Waals surface area contributed by atoms with Crippen molar-refractivity contribution in [3.05, 3.63) is 63.0 Å². The standard InChI is InChI=1S/C20H17Br2N3O5/c21-14-3-1-12(2-4-14)19(28)24-25-10-13(9-18(25)27)20(29)30-11-17(26)23-16-7-5-15(22)6-8-16/h1-8,13H,9-11H2,(H,23,26)(H,24,28)/t13-/m0/s1. The summed E-state index contributed by atoms with van der Waals surface area (Å²) in [5.74, 6) is -2.78. The van der Waals surface area contributed by atoms with E-state index in [0.29, 0.717) is 11.3 Å². The summed E-state index contributed by atoms with van der Waals surface area (Å²) >= 11 is 6.58. The summed E-state index contributed by atoms with van der Waals surface area (Å²) in [6.45, 7) is -0.487. The lowest BCUT2D eigenvalue weighted by atomic mass is 10.1. The highest BCUT2D eigenvalue weighted by Crippen LogP contribution is 2.19. The fourth-order valence-electron chi connectivity index (χ4n) is 2.75. The fraction of sp³-hybridized carbons (Fsp3) is 0.200. The van der Waals surface area contributed by atoms with E-state index in [1.807, 2.05) is 0 Å². The second-order valence-electron chi connectivity index (χ2n) is 6.52. The average Bonchev–Trinajstić information content (AvgIpc) is 3.09. The maximum absolute atomic E-state index is 12.3. The van der Waals surface area contributed by atoms with E-state index >= 15 is 0 Å². The molecule has 8 nitrogen and oxygen atoms in total. The topological polar surface area (TPSA) is 105 Å². The van der Waals surface area contributed by atoms with Crippen LogP contribution in [0.3, 0.4) is 0 Å². The molecule has 1 heterocycles. The maximum atomic E-state index is 12.3. The van der Waals surface area contributed by atoms with Crippen LogP contribution in [0.4, 0.5) is 5.69 Å². The molecule has 0 aromatic heterocycles. The summed E-state index contributed by atoms with van der Waals surface area (Å²) in [4.78, 5) is 48.5. The third-order valence-corrected chi connectivity index (χ3v) is 5.33. The van der Waals surface area contributed by atoms with E-state index in [2.05, 4.69) is 42.6 Å². The van der Waals surface area contributed by atoms with Crippen molar-refractivity contribution in [2.24, 2.45) is 5.92 Å². The molecule has 30 heavy (non-hydrogen) atoms. The Kier molecular flexibility index (Phi) is 7.22. The van der Waals surface area contributed by atoms with Crippen molar-refractivity contribution in [1.29, 1.82) is 0 Å². The summed E-state index contributed by atoms with van der Waals surface area (Å²) in [5, 5.41) is 3.70. The van der Waals surface area contributed by atoms with E-state index in [0.717, 1.165) is 14.0 Å². The van der Waals surface area contributed by atoms with Gasteiger partial charge in [-0.3, -0.25) is 29.6 Å². The van der Waals surface area contributed by atoms with Gasteiger partial charge in [-0.05, 0) is 48.5 Å². The molecular weight excluding hydrogens is 522 g/mol. The Morgan fingerprint density at radius 1 is 1.00 bits per heavy atom. The van der Waals surface area contributed by atoms with Crippen LogP contribution in [0.1, 0.15) is 16.8 Å². The number of amides is 3. The normalized spacial score (nSPS) is 15.6. The molecule has 10 heteroatoms. The van der Waals surface area contributed by atoms with Crippen molar-refractivity contribution in [1.82, 2.24) is 10.4 Å². The number of rotatable bonds is 6. The average molecular weight is 539 g/mol. The Morgan fingerprint density at radius 3 is 2.23 bits per heavy atom. The highest BCUT2D eigenvalue weighted by molar-refractivity contribution is 9.10. The second-order valence-corrected chi connectivity index (χ2v) is 8.35. The number of halogens is 2. The van der Waals surface area contributed by atoms with Gasteiger partial charge in [0.15, 0.2) is 6.61 Å². The lowest BCUT2D eigenvalue weighted by molar-refractivity contribution is -0.151. The molecule has 1 atom stereocenters. The first-order valence-electron chi connectivity index (χ1n) is 8.91. The SMILES string of the molecule is O=C(COC(=O)[C@H]1CC(=O)N(NC(=O)c2ccc(Br)cc2)C1)Nc1ccc(Br)cc1. The zero-order valence-electron chi connectivity index (χ0n) is 15.6. The third kappa shape index (κ3) is 5.90. The van der Waals surface area contributed by atoms with E-state index in [1.54, 1.807) is 48.5 Å². The summed E-state index contributed by atoms with van der Waals surface area (Å²) in [5.41, 5.74) is 3.43. The minimum Gasteiger partial charge on any atom is -0.455 e. The monoisotopic (exact) mass is 537 g/mol. The third-order valence-electron chi connectivity index (χ3n) is 4.27. The van der Waals surface area contributed by atoms with Gasteiger partial charge in [-0.25, -0.2) is 0 Å². The van der Waals surface area contributed by atoms with E-state index in [1.165, 1.54) is 0 Å². The number of hydrogen-bond acceptors (Lipinski definition) is 5. The molecule has 1 fully saturated rings. The molecule has 156 valence electrons. The molecule has 3 rings (SSSR count). The van der Waals surface area contributed by atoms with E-state index < -0.39 is 36.2 Å². The van der Waals surface area contributed by atoms with E-state index in [9.17, 15) is 19.2 Å². The van der Waals surface area contributed by atoms with Gasteiger partial charge in [-0.1, -0.05) is 31.9 Å². The van der Waals surface area contributed by atoms with Gasteiger partial charge >= 0.3 is 5.97 Å². The van der Waals surface area contributed by atoms with Crippen molar-refractivity contribution in [3.63, 3.8) is 0 Å². The first-order valence-corrected chi connectivity index (χ1v) is 10.5. The summed E-state index contributed by atoms with van der Waals surface area (Å²) in [6.07, 6.45) is -0.103. The van der Waals surface area contributed by atoms with Crippen LogP contribution in [0.2, 0.25) is 0 Å². The van der Waals surface area contributed by atoms with E-state index in [-0.39, 0.29) is 13.0 Å². The van der Waals surface area contributed by atoms with Crippen LogP contribution in [-0.4, -0.2) is 41.9 Å². The van der Waals surface area contributed by atoms with Gasteiger partial charge in [0.05, 0.1) is 12.5 Å².